The Hall–Kier alpha value is -3.26. The van der Waals surface area contributed by atoms with Crippen LogP contribution in [0.5, 0.6) is 0 Å². The summed E-state index contributed by atoms with van der Waals surface area (Å²) in [5.74, 6) is 0.0945. The maximum atomic E-state index is 12.8. The Bertz CT molecular complexity index is 1150. The van der Waals surface area contributed by atoms with Crippen LogP contribution in [0.3, 0.4) is 0 Å². The van der Waals surface area contributed by atoms with Gasteiger partial charge < -0.3 is 10.2 Å². The van der Waals surface area contributed by atoms with Gasteiger partial charge in [-0.3, -0.25) is 19.3 Å². The Morgan fingerprint density at radius 3 is 2.63 bits per heavy atom. The van der Waals surface area contributed by atoms with E-state index >= 15 is 0 Å². The van der Waals surface area contributed by atoms with Crippen LogP contribution in [0, 0.1) is 25.5 Å². The quantitative estimate of drug-likeness (QED) is 0.593. The van der Waals surface area contributed by atoms with E-state index < -0.39 is 0 Å². The molecule has 0 radical (unpaired) electrons. The summed E-state index contributed by atoms with van der Waals surface area (Å²) in [4.78, 5) is 26.6. The van der Waals surface area contributed by atoms with E-state index in [0.717, 1.165) is 27.9 Å². The summed E-state index contributed by atoms with van der Waals surface area (Å²) in [7, 11) is 1.60. The highest BCUT2D eigenvalue weighted by atomic mass is 32.1. The molecule has 0 aliphatic rings. The van der Waals surface area contributed by atoms with Gasteiger partial charge in [-0.15, -0.1) is 0 Å². The van der Waals surface area contributed by atoms with E-state index in [2.05, 4.69) is 15.5 Å². The van der Waals surface area contributed by atoms with Crippen molar-refractivity contribution >= 4 is 29.7 Å². The van der Waals surface area contributed by atoms with E-state index in [1.165, 1.54) is 4.90 Å². The topological polar surface area (TPSA) is 83.0 Å². The lowest BCUT2D eigenvalue weighted by molar-refractivity contribution is -0.133. The largest absolute Gasteiger partial charge is 0.335 e. The van der Waals surface area contributed by atoms with Gasteiger partial charge in [0.1, 0.15) is 6.54 Å². The number of aryl methyl sites for hydroxylation is 2. The molecule has 2 N–H and O–H groups in total. The number of likely N-dealkylation sites (N-methyl/N-ethyl adjacent to an activating group) is 1. The zero-order valence-electron chi connectivity index (χ0n) is 17.5. The number of aromatic nitrogens is 3. The number of amides is 2. The smallest absolute Gasteiger partial charge is 0.243 e. The molecule has 1 aromatic heterocycles. The maximum absolute atomic E-state index is 12.8. The molecule has 0 unspecified atom stereocenters. The number of nitrogens with one attached hydrogen (secondary N) is 2. The average Bonchev–Trinajstić information content (AvgIpc) is 3.05. The van der Waals surface area contributed by atoms with Crippen molar-refractivity contribution in [3.8, 4) is 11.4 Å². The molecule has 0 spiro atoms. The SMILES string of the molecule is Cc1cccc(-c2n[nH]c(=S)n2CC(=O)N(C)CC(=O)Nc2cccc(C)c2C)c1. The van der Waals surface area contributed by atoms with E-state index in [-0.39, 0.29) is 24.9 Å². The molecule has 3 aromatic rings. The van der Waals surface area contributed by atoms with Crippen LogP contribution < -0.4 is 5.32 Å². The molecule has 0 aliphatic heterocycles. The Balaban J connectivity index is 1.69. The number of carbonyl (C=O) groups is 2. The Morgan fingerprint density at radius 2 is 1.90 bits per heavy atom. The number of hydrogen-bond donors (Lipinski definition) is 2. The highest BCUT2D eigenvalue weighted by molar-refractivity contribution is 7.71. The lowest BCUT2D eigenvalue weighted by Crippen LogP contribution is -2.37. The molecule has 8 heteroatoms. The summed E-state index contributed by atoms with van der Waals surface area (Å²) >= 11 is 5.31. The first-order valence-electron chi connectivity index (χ1n) is 9.58. The van der Waals surface area contributed by atoms with Gasteiger partial charge >= 0.3 is 0 Å². The predicted molar refractivity (Wildman–Crippen MR) is 120 cm³/mol. The van der Waals surface area contributed by atoms with Crippen LogP contribution in [0.4, 0.5) is 5.69 Å². The molecule has 3 rings (SSSR count). The van der Waals surface area contributed by atoms with Crippen molar-refractivity contribution in [3.05, 3.63) is 63.9 Å². The summed E-state index contributed by atoms with van der Waals surface area (Å²) in [6.45, 7) is 5.86. The van der Waals surface area contributed by atoms with Gasteiger partial charge in [-0.1, -0.05) is 35.9 Å². The lowest BCUT2D eigenvalue weighted by Gasteiger charge is -2.18. The molecule has 0 fully saturated rings. The van der Waals surface area contributed by atoms with E-state index in [1.54, 1.807) is 11.6 Å². The fourth-order valence-electron chi connectivity index (χ4n) is 3.10. The van der Waals surface area contributed by atoms with Crippen LogP contribution >= 0.6 is 12.2 Å². The fraction of sp³-hybridized carbons (Fsp3) is 0.273. The summed E-state index contributed by atoms with van der Waals surface area (Å²) in [6.07, 6.45) is 0. The van der Waals surface area contributed by atoms with Crippen molar-refractivity contribution < 1.29 is 9.59 Å². The number of H-pyrrole nitrogens is 1. The van der Waals surface area contributed by atoms with Gasteiger partial charge in [0, 0.05) is 18.3 Å². The molecular weight excluding hydrogens is 398 g/mol. The molecule has 0 aliphatic carbocycles. The summed E-state index contributed by atoms with van der Waals surface area (Å²) in [5, 5.41) is 9.89. The number of hydrogen-bond acceptors (Lipinski definition) is 4. The minimum atomic E-state index is -0.255. The van der Waals surface area contributed by atoms with Gasteiger partial charge in [0.2, 0.25) is 11.8 Å². The molecule has 2 aromatic carbocycles. The second kappa shape index (κ2) is 9.04. The third-order valence-electron chi connectivity index (χ3n) is 5.01. The molecule has 1 heterocycles. The number of rotatable bonds is 6. The third-order valence-corrected chi connectivity index (χ3v) is 5.32. The first-order chi connectivity index (χ1) is 14.3. The van der Waals surface area contributed by atoms with Gasteiger partial charge in [0.05, 0.1) is 6.54 Å². The first kappa shape index (κ1) is 21.4. The van der Waals surface area contributed by atoms with E-state index in [1.807, 2.05) is 63.2 Å². The summed E-state index contributed by atoms with van der Waals surface area (Å²) < 4.78 is 2.00. The standard InChI is InChI=1S/C22H25N5O2S/c1-14-7-5-9-17(11-14)21-24-25-22(30)27(21)13-20(29)26(4)12-19(28)23-18-10-6-8-15(2)16(18)3/h5-11H,12-13H2,1-4H3,(H,23,28)(H,25,30). The van der Waals surface area contributed by atoms with Crippen molar-refractivity contribution in [2.24, 2.45) is 0 Å². The summed E-state index contributed by atoms with van der Waals surface area (Å²) in [6, 6.07) is 13.5. The number of benzene rings is 2. The molecule has 0 saturated carbocycles. The molecule has 30 heavy (non-hydrogen) atoms. The van der Waals surface area contributed by atoms with Crippen molar-refractivity contribution in [3.63, 3.8) is 0 Å². The van der Waals surface area contributed by atoms with Crippen LogP contribution in [0.25, 0.3) is 11.4 Å². The van der Waals surface area contributed by atoms with Crippen LogP contribution in [-0.2, 0) is 16.1 Å². The number of anilines is 1. The highest BCUT2D eigenvalue weighted by Gasteiger charge is 2.18. The fourth-order valence-corrected chi connectivity index (χ4v) is 3.30. The lowest BCUT2D eigenvalue weighted by atomic mass is 10.1. The second-order valence-electron chi connectivity index (χ2n) is 7.35. The predicted octanol–water partition coefficient (Wildman–Crippen LogP) is 3.63. The van der Waals surface area contributed by atoms with Crippen molar-refractivity contribution in [1.29, 1.82) is 0 Å². The number of carbonyl (C=O) groups excluding carboxylic acids is 2. The minimum Gasteiger partial charge on any atom is -0.335 e. The molecule has 0 bridgehead atoms. The number of nitrogens with zero attached hydrogens (tertiary/aromatic N) is 3. The zero-order valence-corrected chi connectivity index (χ0v) is 18.3. The Morgan fingerprint density at radius 1 is 1.17 bits per heavy atom. The molecule has 156 valence electrons. The summed E-state index contributed by atoms with van der Waals surface area (Å²) in [5.41, 5.74) is 4.80. The zero-order chi connectivity index (χ0) is 21.8. The normalized spacial score (nSPS) is 10.7. The van der Waals surface area contributed by atoms with E-state index in [9.17, 15) is 9.59 Å². The van der Waals surface area contributed by atoms with Crippen molar-refractivity contribution in [2.75, 3.05) is 18.9 Å². The van der Waals surface area contributed by atoms with Crippen LogP contribution in [-0.4, -0.2) is 45.1 Å². The molecular formula is C22H25N5O2S. The van der Waals surface area contributed by atoms with Gasteiger partial charge in [-0.25, -0.2) is 0 Å². The van der Waals surface area contributed by atoms with Gasteiger partial charge in [-0.05, 0) is 56.2 Å². The van der Waals surface area contributed by atoms with Gasteiger partial charge in [0.25, 0.3) is 0 Å². The molecule has 0 atom stereocenters. The molecule has 7 nitrogen and oxygen atoms in total. The van der Waals surface area contributed by atoms with Gasteiger partial charge in [0.15, 0.2) is 10.6 Å². The van der Waals surface area contributed by atoms with E-state index in [0.29, 0.717) is 10.6 Å². The number of aromatic amines is 1. The van der Waals surface area contributed by atoms with Crippen LogP contribution in [0.2, 0.25) is 0 Å². The minimum absolute atomic E-state index is 0.00807. The van der Waals surface area contributed by atoms with Crippen molar-refractivity contribution in [1.82, 2.24) is 19.7 Å². The Kier molecular flexibility index (Phi) is 6.47. The maximum Gasteiger partial charge on any atom is 0.243 e. The van der Waals surface area contributed by atoms with Gasteiger partial charge in [-0.2, -0.15) is 5.10 Å². The van der Waals surface area contributed by atoms with E-state index in [4.69, 9.17) is 12.2 Å². The molecule has 0 saturated heterocycles. The second-order valence-corrected chi connectivity index (χ2v) is 7.74. The third kappa shape index (κ3) is 4.83. The monoisotopic (exact) mass is 423 g/mol. The van der Waals surface area contributed by atoms with Crippen LogP contribution in [0.15, 0.2) is 42.5 Å². The average molecular weight is 424 g/mol. The first-order valence-corrected chi connectivity index (χ1v) is 9.99. The highest BCUT2D eigenvalue weighted by Crippen LogP contribution is 2.19. The van der Waals surface area contributed by atoms with Crippen LogP contribution in [0.1, 0.15) is 16.7 Å². The van der Waals surface area contributed by atoms with Crippen molar-refractivity contribution in [2.45, 2.75) is 27.3 Å². The molecule has 2 amide bonds. The Labute approximate surface area is 180 Å².